The van der Waals surface area contributed by atoms with Crippen molar-refractivity contribution in [3.05, 3.63) is 65.4 Å². The highest BCUT2D eigenvalue weighted by Crippen LogP contribution is 2.33. The van der Waals surface area contributed by atoms with Gasteiger partial charge in [0.05, 0.1) is 23.7 Å². The van der Waals surface area contributed by atoms with Gasteiger partial charge in [-0.05, 0) is 55.6 Å². The van der Waals surface area contributed by atoms with Crippen molar-refractivity contribution in [2.24, 2.45) is 0 Å². The monoisotopic (exact) mass is 401 g/mol. The summed E-state index contributed by atoms with van der Waals surface area (Å²) in [7, 11) is 0. The number of nitrogens with one attached hydrogen (secondary N) is 1. The van der Waals surface area contributed by atoms with Gasteiger partial charge in [-0.2, -0.15) is 18.4 Å². The first-order valence-electron chi connectivity index (χ1n) is 8.72. The van der Waals surface area contributed by atoms with E-state index in [1.54, 1.807) is 10.8 Å². The first-order chi connectivity index (χ1) is 13.5. The lowest BCUT2D eigenvalue weighted by molar-refractivity contribution is -0.138. The van der Waals surface area contributed by atoms with E-state index in [4.69, 9.17) is 5.26 Å². The van der Waals surface area contributed by atoms with Gasteiger partial charge >= 0.3 is 6.18 Å². The van der Waals surface area contributed by atoms with Crippen molar-refractivity contribution in [2.45, 2.75) is 32.2 Å². The number of amides is 1. The molecule has 1 amide bonds. The van der Waals surface area contributed by atoms with Crippen molar-refractivity contribution >= 4 is 22.5 Å². The Labute approximate surface area is 165 Å². The fourth-order valence-corrected chi connectivity index (χ4v) is 3.08. The van der Waals surface area contributed by atoms with Gasteiger partial charge in [-0.15, -0.1) is 0 Å². The third-order valence-electron chi connectivity index (χ3n) is 4.60. The summed E-state index contributed by atoms with van der Waals surface area (Å²) in [5.74, 6) is -0.857. The molecule has 1 heterocycles. The minimum atomic E-state index is -4.74. The van der Waals surface area contributed by atoms with Crippen LogP contribution in [-0.2, 0) is 17.5 Å². The Bertz CT molecular complexity index is 1120. The van der Waals surface area contributed by atoms with E-state index in [-0.39, 0.29) is 12.2 Å². The number of aliphatic hydroxyl groups is 1. The molecule has 2 aromatic carbocycles. The molecule has 0 spiro atoms. The molecule has 29 heavy (non-hydrogen) atoms. The molecule has 2 N–H and O–H groups in total. The summed E-state index contributed by atoms with van der Waals surface area (Å²) in [6.45, 7) is 3.15. The van der Waals surface area contributed by atoms with Crippen molar-refractivity contribution in [3.8, 4) is 6.07 Å². The molecule has 0 aliphatic heterocycles. The maximum atomic E-state index is 13.1. The Morgan fingerprint density at radius 3 is 2.59 bits per heavy atom. The molecule has 0 aliphatic carbocycles. The van der Waals surface area contributed by atoms with Gasteiger partial charge < -0.3 is 15.0 Å². The predicted molar refractivity (Wildman–Crippen MR) is 102 cm³/mol. The molecule has 1 aromatic heterocycles. The summed E-state index contributed by atoms with van der Waals surface area (Å²) in [5.41, 5.74) is -1.85. The summed E-state index contributed by atoms with van der Waals surface area (Å²) in [4.78, 5) is 12.5. The number of anilines is 1. The van der Waals surface area contributed by atoms with Crippen LogP contribution in [0.3, 0.4) is 0 Å². The zero-order valence-corrected chi connectivity index (χ0v) is 15.7. The molecule has 0 radical (unpaired) electrons. The smallest absolute Gasteiger partial charge is 0.378 e. The number of halogens is 3. The number of hydrogen-bond acceptors (Lipinski definition) is 3. The molecule has 8 heteroatoms. The minimum absolute atomic E-state index is 0.0895. The number of benzene rings is 2. The zero-order valence-electron chi connectivity index (χ0n) is 15.7. The molecule has 0 aliphatic rings. The van der Waals surface area contributed by atoms with Crippen LogP contribution in [0.25, 0.3) is 10.9 Å². The number of carbonyl (C=O) groups excluding carboxylic acids is 1. The molecular weight excluding hydrogens is 383 g/mol. The molecule has 0 bridgehead atoms. The van der Waals surface area contributed by atoms with Crippen molar-refractivity contribution in [1.82, 2.24) is 4.57 Å². The van der Waals surface area contributed by atoms with Crippen LogP contribution in [0, 0.1) is 18.3 Å². The van der Waals surface area contributed by atoms with Crippen LogP contribution in [0.2, 0.25) is 0 Å². The molecule has 150 valence electrons. The van der Waals surface area contributed by atoms with Crippen LogP contribution in [0.4, 0.5) is 18.9 Å². The fourth-order valence-electron chi connectivity index (χ4n) is 3.08. The largest absolute Gasteiger partial charge is 0.417 e. The topological polar surface area (TPSA) is 78.1 Å². The zero-order chi connectivity index (χ0) is 21.4. The molecule has 0 unspecified atom stereocenters. The van der Waals surface area contributed by atoms with Gasteiger partial charge in [0, 0.05) is 17.4 Å². The Kier molecular flexibility index (Phi) is 5.11. The Hall–Kier alpha value is -3.31. The second-order valence-electron chi connectivity index (χ2n) is 7.10. The number of aromatic nitrogens is 1. The number of carbonyl (C=O) groups is 1. The third kappa shape index (κ3) is 4.25. The van der Waals surface area contributed by atoms with Gasteiger partial charge in [0.2, 0.25) is 0 Å². The predicted octanol–water partition coefficient (Wildman–Crippen LogP) is 4.23. The van der Waals surface area contributed by atoms with Crippen molar-refractivity contribution in [2.75, 3.05) is 5.32 Å². The number of nitrogens with zero attached hydrogens (tertiary/aromatic N) is 2. The molecule has 0 saturated carbocycles. The SMILES string of the molecule is Cc1ccc2c(ccn2C[C@](C)(O)C(=O)Nc2ccc(C#N)c(C(F)(F)F)c2)c1. The Balaban J connectivity index is 1.83. The molecule has 5 nitrogen and oxygen atoms in total. The second-order valence-corrected chi connectivity index (χ2v) is 7.10. The van der Waals surface area contributed by atoms with E-state index in [1.165, 1.54) is 19.1 Å². The highest BCUT2D eigenvalue weighted by atomic mass is 19.4. The van der Waals surface area contributed by atoms with Gasteiger partial charge in [-0.3, -0.25) is 4.79 Å². The van der Waals surface area contributed by atoms with Crippen LogP contribution in [0.15, 0.2) is 48.7 Å². The number of alkyl halides is 3. The Morgan fingerprint density at radius 2 is 1.93 bits per heavy atom. The summed E-state index contributed by atoms with van der Waals surface area (Å²) in [5, 5.41) is 22.8. The molecule has 3 rings (SSSR count). The van der Waals surface area contributed by atoms with E-state index in [2.05, 4.69) is 5.32 Å². The number of aryl methyl sites for hydroxylation is 1. The summed E-state index contributed by atoms with van der Waals surface area (Å²) in [6.07, 6.45) is -3.01. The fraction of sp³-hybridized carbons (Fsp3) is 0.238. The Morgan fingerprint density at radius 1 is 1.21 bits per heavy atom. The summed E-state index contributed by atoms with van der Waals surface area (Å²) in [6, 6.07) is 11.9. The average molecular weight is 401 g/mol. The molecule has 0 saturated heterocycles. The standard InChI is InChI=1S/C21H18F3N3O2/c1-13-3-6-18-14(9-13)7-8-27(18)12-20(2,29)19(28)26-16-5-4-15(11-25)17(10-16)21(22,23)24/h3-10,29H,12H2,1-2H3,(H,26,28)/t20-/m0/s1. The second kappa shape index (κ2) is 7.26. The van der Waals surface area contributed by atoms with Crippen LogP contribution in [0.1, 0.15) is 23.6 Å². The van der Waals surface area contributed by atoms with E-state index in [1.807, 2.05) is 31.2 Å². The van der Waals surface area contributed by atoms with Gasteiger partial charge in [0.15, 0.2) is 5.60 Å². The van der Waals surface area contributed by atoms with E-state index in [9.17, 15) is 23.1 Å². The van der Waals surface area contributed by atoms with Crippen LogP contribution >= 0.6 is 0 Å². The third-order valence-corrected chi connectivity index (χ3v) is 4.60. The maximum Gasteiger partial charge on any atom is 0.417 e. The van der Waals surface area contributed by atoms with E-state index >= 15 is 0 Å². The first kappa shape index (κ1) is 20.4. The molecule has 1 atom stereocenters. The highest BCUT2D eigenvalue weighted by molar-refractivity contribution is 5.97. The average Bonchev–Trinajstić information content (AvgIpc) is 3.02. The summed E-state index contributed by atoms with van der Waals surface area (Å²) >= 11 is 0. The lowest BCUT2D eigenvalue weighted by atomic mass is 10.0. The quantitative estimate of drug-likeness (QED) is 0.687. The summed E-state index contributed by atoms with van der Waals surface area (Å²) < 4.78 is 41.0. The van der Waals surface area contributed by atoms with Crippen molar-refractivity contribution in [3.63, 3.8) is 0 Å². The number of fused-ring (bicyclic) bond motifs is 1. The van der Waals surface area contributed by atoms with E-state index < -0.39 is 28.8 Å². The van der Waals surface area contributed by atoms with E-state index in [0.717, 1.165) is 22.5 Å². The normalized spacial score (nSPS) is 13.7. The lowest BCUT2D eigenvalue weighted by Crippen LogP contribution is -2.43. The maximum absolute atomic E-state index is 13.1. The number of hydrogen-bond donors (Lipinski definition) is 2. The first-order valence-corrected chi connectivity index (χ1v) is 8.72. The van der Waals surface area contributed by atoms with Crippen molar-refractivity contribution < 1.29 is 23.1 Å². The molecular formula is C21H18F3N3O2. The van der Waals surface area contributed by atoms with Gasteiger partial charge in [-0.25, -0.2) is 0 Å². The van der Waals surface area contributed by atoms with Gasteiger partial charge in [0.1, 0.15) is 0 Å². The van der Waals surface area contributed by atoms with Crippen molar-refractivity contribution in [1.29, 1.82) is 5.26 Å². The molecule has 3 aromatic rings. The van der Waals surface area contributed by atoms with Gasteiger partial charge in [0.25, 0.3) is 5.91 Å². The number of nitriles is 1. The van der Waals surface area contributed by atoms with Crippen LogP contribution in [-0.4, -0.2) is 21.2 Å². The van der Waals surface area contributed by atoms with Gasteiger partial charge in [-0.1, -0.05) is 11.6 Å². The molecule has 0 fully saturated rings. The lowest BCUT2D eigenvalue weighted by Gasteiger charge is -2.24. The van der Waals surface area contributed by atoms with Crippen LogP contribution in [0.5, 0.6) is 0 Å². The highest BCUT2D eigenvalue weighted by Gasteiger charge is 2.35. The number of rotatable bonds is 4. The van der Waals surface area contributed by atoms with Crippen LogP contribution < -0.4 is 5.32 Å². The minimum Gasteiger partial charge on any atom is -0.378 e. The van der Waals surface area contributed by atoms with E-state index in [0.29, 0.717) is 6.07 Å².